The number of thioether (sulfide) groups is 1. The Hall–Kier alpha value is -1.43. The van der Waals surface area contributed by atoms with E-state index in [1.54, 1.807) is 22.5 Å². The third-order valence-electron chi connectivity index (χ3n) is 2.99. The summed E-state index contributed by atoms with van der Waals surface area (Å²) in [4.78, 5) is 20.5. The van der Waals surface area contributed by atoms with Crippen LogP contribution in [0.25, 0.3) is 10.1 Å². The number of ether oxygens (including phenoxy) is 1. The van der Waals surface area contributed by atoms with Crippen molar-refractivity contribution < 1.29 is 31.9 Å². The topological polar surface area (TPSA) is 43.4 Å². The van der Waals surface area contributed by atoms with E-state index in [1.807, 2.05) is 0 Å². The Balaban J connectivity index is 0.000000401. The minimum absolute atomic E-state index is 0. The van der Waals surface area contributed by atoms with Crippen molar-refractivity contribution in [2.24, 2.45) is 0 Å². The molecule has 3 nitrogen and oxygen atoms in total. The fraction of sp³-hybridized carbons (Fsp3) is 0.333. The number of fused-ring (bicyclic) bond motifs is 2. The molecule has 3 aromatic heterocycles. The smallest absolute Gasteiger partial charge is 0.310 e. The molecule has 11 heteroatoms. The zero-order valence-electron chi connectivity index (χ0n) is 13.9. The Morgan fingerprint density at radius 1 is 0.897 bits per heavy atom. The van der Waals surface area contributed by atoms with Crippen molar-refractivity contribution in [3.8, 4) is 0 Å². The van der Waals surface area contributed by atoms with Crippen molar-refractivity contribution in [1.82, 2.24) is 0 Å². The van der Waals surface area contributed by atoms with Crippen molar-refractivity contribution >= 4 is 67.8 Å². The molecule has 0 amide bonds. The lowest BCUT2D eigenvalue weighted by Gasteiger charge is -1.87. The van der Waals surface area contributed by atoms with Crippen LogP contribution in [0.15, 0.2) is 10.8 Å². The zero-order chi connectivity index (χ0) is 20.1. The van der Waals surface area contributed by atoms with Crippen LogP contribution in [0, 0.1) is 21.9 Å². The molecule has 0 fully saturated rings. The molecule has 0 saturated carbocycles. The summed E-state index contributed by atoms with van der Waals surface area (Å²) in [5.41, 5.74) is 0.590. The summed E-state index contributed by atoms with van der Waals surface area (Å²) in [6, 6.07) is 0. The van der Waals surface area contributed by atoms with Crippen molar-refractivity contribution in [2.45, 2.75) is 40.2 Å². The molecule has 3 aromatic rings. The maximum atomic E-state index is 12.7. The van der Waals surface area contributed by atoms with Crippen LogP contribution in [0.2, 0.25) is 0 Å². The van der Waals surface area contributed by atoms with Gasteiger partial charge in [0, 0.05) is 51.9 Å². The van der Waals surface area contributed by atoms with Crippen molar-refractivity contribution in [2.75, 3.05) is 0 Å². The van der Waals surface area contributed by atoms with E-state index >= 15 is 0 Å². The first-order chi connectivity index (χ1) is 12.7. The molecule has 29 heavy (non-hydrogen) atoms. The third-order valence-corrected chi connectivity index (χ3v) is 6.96. The first kappa shape index (κ1) is 27.6. The van der Waals surface area contributed by atoms with Crippen LogP contribution in [-0.4, -0.2) is 11.9 Å². The minimum Gasteiger partial charge on any atom is -0.394 e. The summed E-state index contributed by atoms with van der Waals surface area (Å²) < 4.78 is 54.9. The van der Waals surface area contributed by atoms with Gasteiger partial charge in [-0.15, -0.1) is 22.7 Å². The number of thiophene rings is 3. The van der Waals surface area contributed by atoms with Gasteiger partial charge in [0.25, 0.3) is 0 Å². The predicted molar refractivity (Wildman–Crippen MR) is 115 cm³/mol. The van der Waals surface area contributed by atoms with Crippen LogP contribution in [-0.2, 0) is 25.8 Å². The highest BCUT2D eigenvalue weighted by Gasteiger charge is 2.22. The van der Waals surface area contributed by atoms with Crippen LogP contribution in [0.1, 0.15) is 39.1 Å². The van der Waals surface area contributed by atoms with E-state index in [2.05, 4.69) is 4.74 Å². The molecule has 0 bridgehead atoms. The number of esters is 2. The highest BCUT2D eigenvalue weighted by Crippen LogP contribution is 2.37. The fourth-order valence-corrected chi connectivity index (χ4v) is 5.96. The largest absolute Gasteiger partial charge is 0.394 e. The van der Waals surface area contributed by atoms with E-state index in [0.29, 0.717) is 21.4 Å². The SMILES string of the molecule is C.C.CC(=O)OC(C)=O.Fc1sc2c(c1F)CSC2.Fc1sc2cscc2c1F. The molecule has 0 atom stereocenters. The summed E-state index contributed by atoms with van der Waals surface area (Å²) in [5, 5.41) is 2.41. The van der Waals surface area contributed by atoms with Gasteiger partial charge in [-0.25, -0.2) is 8.78 Å². The summed E-state index contributed by atoms with van der Waals surface area (Å²) in [6.07, 6.45) is 0. The number of hydrogen-bond acceptors (Lipinski definition) is 7. The monoisotopic (exact) mass is 488 g/mol. The second kappa shape index (κ2) is 12.3. The molecular weight excluding hydrogens is 468 g/mol. The van der Waals surface area contributed by atoms with Gasteiger partial charge < -0.3 is 4.74 Å². The highest BCUT2D eigenvalue weighted by molar-refractivity contribution is 7.98. The molecule has 0 aromatic carbocycles. The molecule has 4 rings (SSSR count). The molecule has 0 radical (unpaired) electrons. The van der Waals surface area contributed by atoms with Gasteiger partial charge in [-0.3, -0.25) is 9.59 Å². The summed E-state index contributed by atoms with van der Waals surface area (Å²) >= 11 is 4.82. The zero-order valence-corrected chi connectivity index (χ0v) is 17.2. The van der Waals surface area contributed by atoms with Crippen LogP contribution >= 0.6 is 45.8 Å². The number of hydrogen-bond donors (Lipinski definition) is 0. The standard InChI is InChI=1S/C6H4F2S2.C6H2F2S2.C4H6O3.2CH4/c2*7-5-3-1-9-2-4(3)10-6(5)8;1-3(5)7-4(2)6;;/h1-2H2;1-2H;1-2H3;2*1H4. The average molecular weight is 489 g/mol. The Labute approximate surface area is 182 Å². The van der Waals surface area contributed by atoms with Gasteiger partial charge in [-0.05, 0) is 0 Å². The first-order valence-electron chi connectivity index (χ1n) is 7.22. The van der Waals surface area contributed by atoms with Gasteiger partial charge >= 0.3 is 11.9 Å². The van der Waals surface area contributed by atoms with Gasteiger partial charge in [-0.2, -0.15) is 31.9 Å². The number of halogens is 4. The van der Waals surface area contributed by atoms with Crippen molar-refractivity contribution in [3.05, 3.63) is 43.1 Å². The Bertz CT molecular complexity index is 950. The van der Waals surface area contributed by atoms with Crippen molar-refractivity contribution in [3.63, 3.8) is 0 Å². The van der Waals surface area contributed by atoms with Gasteiger partial charge in [0.05, 0.1) is 4.70 Å². The van der Waals surface area contributed by atoms with Crippen LogP contribution in [0.3, 0.4) is 0 Å². The average Bonchev–Trinajstić information content (AvgIpc) is 3.30. The molecular formula is C18H20F4O3S4. The van der Waals surface area contributed by atoms with Crippen LogP contribution < -0.4 is 0 Å². The van der Waals surface area contributed by atoms with E-state index in [1.165, 1.54) is 25.2 Å². The lowest BCUT2D eigenvalue weighted by molar-refractivity contribution is -0.156. The first-order valence-corrected chi connectivity index (χ1v) is 11.0. The maximum Gasteiger partial charge on any atom is 0.310 e. The van der Waals surface area contributed by atoms with E-state index in [4.69, 9.17) is 0 Å². The molecule has 1 aliphatic rings. The highest BCUT2D eigenvalue weighted by atomic mass is 32.2. The summed E-state index contributed by atoms with van der Waals surface area (Å²) in [7, 11) is 0. The van der Waals surface area contributed by atoms with E-state index < -0.39 is 33.8 Å². The Morgan fingerprint density at radius 3 is 1.97 bits per heavy atom. The lowest BCUT2D eigenvalue weighted by atomic mass is 10.3. The lowest BCUT2D eigenvalue weighted by Crippen LogP contribution is -2.03. The third kappa shape index (κ3) is 7.40. The van der Waals surface area contributed by atoms with E-state index in [0.717, 1.165) is 33.3 Å². The molecule has 0 N–H and O–H groups in total. The second-order valence-electron chi connectivity index (χ2n) is 5.01. The second-order valence-corrected chi connectivity index (χ2v) is 8.80. The Morgan fingerprint density at radius 2 is 1.48 bits per heavy atom. The molecule has 162 valence electrons. The van der Waals surface area contributed by atoms with Gasteiger partial charge in [0.2, 0.25) is 10.3 Å². The summed E-state index contributed by atoms with van der Waals surface area (Å²) in [5.74, 6) is -1.03. The minimum atomic E-state index is -0.710. The Kier molecular flexibility index (Phi) is 11.7. The molecule has 0 unspecified atom stereocenters. The summed E-state index contributed by atoms with van der Waals surface area (Å²) in [6.45, 7) is 2.36. The van der Waals surface area contributed by atoms with Gasteiger partial charge in [-0.1, -0.05) is 14.9 Å². The van der Waals surface area contributed by atoms with Crippen molar-refractivity contribution in [1.29, 1.82) is 0 Å². The van der Waals surface area contributed by atoms with Gasteiger partial charge in [0.1, 0.15) is 0 Å². The molecule has 1 aliphatic heterocycles. The molecule has 4 heterocycles. The fourth-order valence-electron chi connectivity index (χ4n) is 1.94. The van der Waals surface area contributed by atoms with E-state index in [-0.39, 0.29) is 14.9 Å². The van der Waals surface area contributed by atoms with Crippen LogP contribution in [0.5, 0.6) is 0 Å². The number of carbonyl (C=O) groups is 2. The molecule has 0 aliphatic carbocycles. The predicted octanol–water partition coefficient (Wildman–Crippen LogP) is 7.38. The maximum absolute atomic E-state index is 12.7. The number of rotatable bonds is 0. The molecule has 0 spiro atoms. The number of carbonyl (C=O) groups excluding carboxylic acids is 2. The quantitative estimate of drug-likeness (QED) is 0.188. The van der Waals surface area contributed by atoms with Gasteiger partial charge in [0.15, 0.2) is 11.6 Å². The van der Waals surface area contributed by atoms with Crippen LogP contribution in [0.4, 0.5) is 17.6 Å². The van der Waals surface area contributed by atoms with E-state index in [9.17, 15) is 27.2 Å². The normalized spacial score (nSPS) is 11.1. The molecule has 0 saturated heterocycles.